The van der Waals surface area contributed by atoms with E-state index in [-0.39, 0.29) is 16.9 Å². The van der Waals surface area contributed by atoms with Gasteiger partial charge in [-0.2, -0.15) is 13.0 Å². The van der Waals surface area contributed by atoms with E-state index in [1.807, 2.05) is 51.1 Å². The van der Waals surface area contributed by atoms with Gasteiger partial charge in [-0.05, 0) is 106 Å². The Bertz CT molecular complexity index is 2350. The van der Waals surface area contributed by atoms with Crippen molar-refractivity contribution in [3.63, 3.8) is 0 Å². The second-order valence-corrected chi connectivity index (χ2v) is 17.8. The fraction of sp³-hybridized carbons (Fsp3) is 0.404. The van der Waals surface area contributed by atoms with E-state index in [1.54, 1.807) is 6.07 Å². The van der Waals surface area contributed by atoms with Crippen molar-refractivity contribution < 1.29 is 40.6 Å². The zero-order valence-corrected chi connectivity index (χ0v) is 34.9. The molecule has 11 heteroatoms. The van der Waals surface area contributed by atoms with Gasteiger partial charge in [-0.25, -0.2) is 13.2 Å². The maximum Gasteiger partial charge on any atom is 0.303 e. The maximum atomic E-state index is 15.9. The average Bonchev–Trinajstić information content (AvgIpc) is 3.52. The lowest BCUT2D eigenvalue weighted by Gasteiger charge is -2.31. The highest BCUT2D eigenvalue weighted by atomic mass is 32.2. The Labute approximate surface area is 340 Å². The van der Waals surface area contributed by atoms with Gasteiger partial charge in [0.25, 0.3) is 10.1 Å². The number of nitrogens with zero attached hydrogens (tertiary/aromatic N) is 2. The van der Waals surface area contributed by atoms with Crippen LogP contribution in [-0.2, 0) is 25.7 Å². The molecule has 1 atom stereocenters. The molecule has 0 amide bonds. The SMILES string of the molecule is CCCCN1C(=CC=C2CCCC(C=CC3=[N+](CCC)c4ccc(S(=O)(=O)O)cc4C3(C)C)=C2c2c(F)cc(F)cc2F)C(C)(CCCCC(=O)O)c2ccccc21. The van der Waals surface area contributed by atoms with Crippen molar-refractivity contribution in [3.05, 3.63) is 130 Å². The largest absolute Gasteiger partial charge is 0.481 e. The molecule has 3 aromatic carbocycles. The first-order valence-electron chi connectivity index (χ1n) is 20.4. The zero-order valence-electron chi connectivity index (χ0n) is 34.0. The predicted octanol–water partition coefficient (Wildman–Crippen LogP) is 11.4. The van der Waals surface area contributed by atoms with E-state index < -0.39 is 44.4 Å². The van der Waals surface area contributed by atoms with Crippen LogP contribution in [0.15, 0.2) is 101 Å². The molecule has 2 aliphatic heterocycles. The second kappa shape index (κ2) is 17.2. The highest BCUT2D eigenvalue weighted by molar-refractivity contribution is 7.85. The normalized spacial score (nSPS) is 20.5. The first-order valence-corrected chi connectivity index (χ1v) is 21.8. The smallest absolute Gasteiger partial charge is 0.303 e. The number of aliphatic carboxylic acids is 1. The molecule has 2 heterocycles. The lowest BCUT2D eigenvalue weighted by atomic mass is 9.76. The number of hydrogen-bond donors (Lipinski definition) is 2. The van der Waals surface area contributed by atoms with Crippen LogP contribution >= 0.6 is 0 Å². The number of rotatable bonds is 15. The third-order valence-corrected chi connectivity index (χ3v) is 12.8. The first kappa shape index (κ1) is 42.9. The molecule has 0 radical (unpaired) electrons. The van der Waals surface area contributed by atoms with E-state index in [1.165, 1.54) is 12.1 Å². The Morgan fingerprint density at radius 2 is 1.62 bits per heavy atom. The lowest BCUT2D eigenvalue weighted by molar-refractivity contribution is -0.437. The van der Waals surface area contributed by atoms with Gasteiger partial charge in [0.15, 0.2) is 5.71 Å². The molecule has 0 saturated heterocycles. The molecule has 0 bridgehead atoms. The van der Waals surface area contributed by atoms with Crippen LogP contribution in [0.2, 0.25) is 0 Å². The highest BCUT2D eigenvalue weighted by Crippen LogP contribution is 2.51. The van der Waals surface area contributed by atoms with Gasteiger partial charge in [0.1, 0.15) is 24.0 Å². The number of para-hydroxylation sites is 1. The number of carbonyl (C=O) groups is 1. The summed E-state index contributed by atoms with van der Waals surface area (Å²) in [7, 11) is -4.45. The van der Waals surface area contributed by atoms with Gasteiger partial charge < -0.3 is 10.0 Å². The summed E-state index contributed by atoms with van der Waals surface area (Å²) >= 11 is 0. The average molecular weight is 816 g/mol. The van der Waals surface area contributed by atoms with Crippen LogP contribution in [0.25, 0.3) is 5.57 Å². The molecular formula is C47H54F3N2O5S+. The molecule has 7 nitrogen and oxygen atoms in total. The minimum Gasteiger partial charge on any atom is -0.481 e. The Balaban J connectivity index is 1.52. The van der Waals surface area contributed by atoms with Crippen molar-refractivity contribution >= 4 is 38.7 Å². The van der Waals surface area contributed by atoms with Crippen LogP contribution in [0.1, 0.15) is 116 Å². The van der Waals surface area contributed by atoms with Crippen molar-refractivity contribution in [1.29, 1.82) is 0 Å². The monoisotopic (exact) mass is 815 g/mol. The predicted molar refractivity (Wildman–Crippen MR) is 224 cm³/mol. The minimum atomic E-state index is -4.45. The minimum absolute atomic E-state index is 0.0871. The van der Waals surface area contributed by atoms with Gasteiger partial charge in [0.05, 0.1) is 15.9 Å². The Morgan fingerprint density at radius 3 is 2.29 bits per heavy atom. The van der Waals surface area contributed by atoms with Gasteiger partial charge in [-0.3, -0.25) is 9.35 Å². The van der Waals surface area contributed by atoms with Gasteiger partial charge in [-0.1, -0.05) is 57.0 Å². The molecule has 2 N–H and O–H groups in total. The summed E-state index contributed by atoms with van der Waals surface area (Å²) in [5.74, 6) is -3.82. The topological polar surface area (TPSA) is 97.9 Å². The standard InChI is InChI=1S/C47H53F3N2O5S/c1-6-8-27-52-39-17-10-9-16-35(39)47(5,25-12-11-18-43(53)54)42(52)24-20-32-15-13-14-31(44(32)45-37(49)28-33(48)29-38(45)50)19-23-41-46(3,4)36-30-34(58(55,56)57)21-22-40(36)51(41)26-7-2/h9-10,16-17,19-24,28-30H,6-8,11-15,18,25-27H2,1-5H3,(H-,53,54,55,56,57)/p+1. The van der Waals surface area contributed by atoms with E-state index >= 15 is 8.78 Å². The highest BCUT2D eigenvalue weighted by Gasteiger charge is 2.45. The fourth-order valence-corrected chi connectivity index (χ4v) is 9.60. The Hall–Kier alpha value is -4.74. The number of unbranched alkanes of at least 4 members (excludes halogenated alkanes) is 2. The van der Waals surface area contributed by atoms with Gasteiger partial charge >= 0.3 is 5.97 Å². The van der Waals surface area contributed by atoms with E-state index in [2.05, 4.69) is 41.5 Å². The number of hydrogen-bond acceptors (Lipinski definition) is 4. The molecule has 0 spiro atoms. The molecule has 3 aliphatic rings. The number of carboxylic acids is 1. The van der Waals surface area contributed by atoms with Crippen LogP contribution in [0.5, 0.6) is 0 Å². The summed E-state index contributed by atoms with van der Waals surface area (Å²) in [6, 6.07) is 14.3. The second-order valence-electron chi connectivity index (χ2n) is 16.3. The van der Waals surface area contributed by atoms with Crippen molar-refractivity contribution in [2.45, 2.75) is 115 Å². The number of allylic oxidation sites excluding steroid dienone is 8. The molecule has 6 rings (SSSR count). The number of halogens is 3. The summed E-state index contributed by atoms with van der Waals surface area (Å²) in [4.78, 5) is 13.5. The van der Waals surface area contributed by atoms with Gasteiger partial charge in [0.2, 0.25) is 5.69 Å². The van der Waals surface area contributed by atoms with Crippen LogP contribution < -0.4 is 4.90 Å². The van der Waals surface area contributed by atoms with Gasteiger partial charge in [0, 0.05) is 66.0 Å². The van der Waals surface area contributed by atoms with Crippen molar-refractivity contribution in [1.82, 2.24) is 0 Å². The fourth-order valence-electron chi connectivity index (χ4n) is 9.09. The van der Waals surface area contributed by atoms with Crippen molar-refractivity contribution in [3.8, 4) is 0 Å². The van der Waals surface area contributed by atoms with Crippen LogP contribution in [-0.4, -0.2) is 47.4 Å². The zero-order chi connectivity index (χ0) is 42.0. The Kier molecular flexibility index (Phi) is 12.7. The van der Waals surface area contributed by atoms with E-state index in [0.29, 0.717) is 73.9 Å². The molecule has 58 heavy (non-hydrogen) atoms. The molecular weight excluding hydrogens is 762 g/mol. The van der Waals surface area contributed by atoms with E-state index in [9.17, 15) is 27.3 Å². The maximum absolute atomic E-state index is 15.9. The molecule has 308 valence electrons. The third kappa shape index (κ3) is 8.39. The number of fused-ring (bicyclic) bond motifs is 2. The summed E-state index contributed by atoms with van der Waals surface area (Å²) in [5, 5.41) is 9.34. The molecule has 3 aromatic rings. The number of benzene rings is 3. The van der Waals surface area contributed by atoms with Crippen molar-refractivity contribution in [2.75, 3.05) is 18.0 Å². The quantitative estimate of drug-likeness (QED) is 0.0901. The van der Waals surface area contributed by atoms with Crippen molar-refractivity contribution in [2.24, 2.45) is 0 Å². The molecule has 0 saturated carbocycles. The van der Waals surface area contributed by atoms with Crippen LogP contribution in [0.4, 0.5) is 24.5 Å². The van der Waals surface area contributed by atoms with Crippen LogP contribution in [0, 0.1) is 17.5 Å². The summed E-state index contributed by atoms with van der Waals surface area (Å²) in [6.45, 7) is 11.7. The van der Waals surface area contributed by atoms with E-state index in [0.717, 1.165) is 59.7 Å². The number of carboxylic acid groups (broad SMARTS) is 1. The summed E-state index contributed by atoms with van der Waals surface area (Å²) in [5.41, 5.74) is 6.02. The Morgan fingerprint density at radius 1 is 0.897 bits per heavy atom. The summed E-state index contributed by atoms with van der Waals surface area (Å²) in [6.07, 6.45) is 14.3. The van der Waals surface area contributed by atoms with Gasteiger partial charge in [-0.15, -0.1) is 0 Å². The van der Waals surface area contributed by atoms with E-state index in [4.69, 9.17) is 0 Å². The summed E-state index contributed by atoms with van der Waals surface area (Å²) < 4.78 is 82.5. The molecule has 1 unspecified atom stereocenters. The number of anilines is 1. The molecule has 0 aromatic heterocycles. The van der Waals surface area contributed by atoms with Crippen LogP contribution in [0.3, 0.4) is 0 Å². The lowest BCUT2D eigenvalue weighted by Crippen LogP contribution is -2.29. The molecule has 0 fully saturated rings. The molecule has 1 aliphatic carbocycles. The first-order chi connectivity index (χ1) is 27.5. The third-order valence-electron chi connectivity index (χ3n) is 12.0.